The van der Waals surface area contributed by atoms with Crippen molar-refractivity contribution in [1.82, 2.24) is 20.5 Å². The van der Waals surface area contributed by atoms with Gasteiger partial charge in [0.15, 0.2) is 5.96 Å². The zero-order valence-electron chi connectivity index (χ0n) is 18.5. The van der Waals surface area contributed by atoms with Crippen LogP contribution in [0.3, 0.4) is 0 Å². The van der Waals surface area contributed by atoms with Gasteiger partial charge >= 0.3 is 0 Å². The summed E-state index contributed by atoms with van der Waals surface area (Å²) in [4.78, 5) is 11.3. The highest BCUT2D eigenvalue weighted by molar-refractivity contribution is 5.80. The Hall–Kier alpha value is -3.25. The Morgan fingerprint density at radius 3 is 2.56 bits per heavy atom. The minimum Gasteiger partial charge on any atom is -0.354 e. The molecule has 2 aromatic carbocycles. The third-order valence-corrected chi connectivity index (χ3v) is 5.82. The predicted molar refractivity (Wildman–Crippen MR) is 128 cm³/mol. The number of aliphatic imine (C=N–C) groups is 1. The Labute approximate surface area is 189 Å². The molecule has 0 aliphatic carbocycles. The normalized spacial score (nSPS) is 15.5. The summed E-state index contributed by atoms with van der Waals surface area (Å²) in [6, 6.07) is 21.6. The van der Waals surface area contributed by atoms with Gasteiger partial charge in [-0.15, -0.1) is 0 Å². The molecular formula is C26H30FN5. The van der Waals surface area contributed by atoms with Gasteiger partial charge in [-0.05, 0) is 54.3 Å². The van der Waals surface area contributed by atoms with Crippen LogP contribution in [0.25, 0.3) is 11.3 Å². The molecule has 4 rings (SSSR count). The van der Waals surface area contributed by atoms with E-state index in [1.54, 1.807) is 0 Å². The standard InChI is InChI=1S/C26H30FN5/c1-28-26(30-18-21-5-4-6-22(17-21)25-7-2-3-14-29-25)31-24-12-15-32(16-13-24)19-20-8-10-23(27)11-9-20/h2-11,14,17,24H,12-13,15-16,18-19H2,1H3,(H2,28,30,31). The third-order valence-electron chi connectivity index (χ3n) is 5.82. The average molecular weight is 432 g/mol. The first-order valence-corrected chi connectivity index (χ1v) is 11.1. The molecule has 1 fully saturated rings. The number of aromatic nitrogens is 1. The second-order valence-corrected chi connectivity index (χ2v) is 8.16. The highest BCUT2D eigenvalue weighted by atomic mass is 19.1. The van der Waals surface area contributed by atoms with Gasteiger partial charge in [-0.1, -0.05) is 36.4 Å². The van der Waals surface area contributed by atoms with E-state index in [0.717, 1.165) is 55.3 Å². The summed E-state index contributed by atoms with van der Waals surface area (Å²) in [6.07, 6.45) is 3.92. The van der Waals surface area contributed by atoms with Crippen LogP contribution in [0.15, 0.2) is 77.9 Å². The molecule has 1 aromatic heterocycles. The third kappa shape index (κ3) is 6.14. The van der Waals surface area contributed by atoms with E-state index in [1.807, 2.05) is 43.6 Å². The number of benzene rings is 2. The molecule has 0 radical (unpaired) electrons. The second kappa shape index (κ2) is 10.9. The van der Waals surface area contributed by atoms with Crippen molar-refractivity contribution in [2.75, 3.05) is 20.1 Å². The van der Waals surface area contributed by atoms with E-state index in [2.05, 4.69) is 49.8 Å². The minimum atomic E-state index is -0.181. The van der Waals surface area contributed by atoms with Crippen LogP contribution >= 0.6 is 0 Å². The van der Waals surface area contributed by atoms with Crippen LogP contribution in [-0.2, 0) is 13.1 Å². The minimum absolute atomic E-state index is 0.181. The smallest absolute Gasteiger partial charge is 0.191 e. The van der Waals surface area contributed by atoms with Crippen molar-refractivity contribution in [2.24, 2.45) is 4.99 Å². The average Bonchev–Trinajstić information content (AvgIpc) is 2.85. The maximum absolute atomic E-state index is 13.1. The van der Waals surface area contributed by atoms with Crippen LogP contribution in [-0.4, -0.2) is 42.0 Å². The summed E-state index contributed by atoms with van der Waals surface area (Å²) in [7, 11) is 1.81. The molecule has 166 valence electrons. The number of hydrogen-bond donors (Lipinski definition) is 2. The molecular weight excluding hydrogens is 401 g/mol. The van der Waals surface area contributed by atoms with Crippen LogP contribution in [0.4, 0.5) is 4.39 Å². The van der Waals surface area contributed by atoms with Crippen molar-refractivity contribution in [1.29, 1.82) is 0 Å². The van der Waals surface area contributed by atoms with Gasteiger partial charge in [0.1, 0.15) is 5.82 Å². The number of rotatable bonds is 6. The monoisotopic (exact) mass is 431 g/mol. The van der Waals surface area contributed by atoms with Crippen molar-refractivity contribution in [3.05, 3.63) is 89.9 Å². The molecule has 0 saturated carbocycles. The molecule has 0 bridgehead atoms. The summed E-state index contributed by atoms with van der Waals surface area (Å²) in [5, 5.41) is 7.00. The molecule has 1 aliphatic heterocycles. The van der Waals surface area contributed by atoms with E-state index in [0.29, 0.717) is 12.6 Å². The van der Waals surface area contributed by atoms with Gasteiger partial charge in [-0.2, -0.15) is 0 Å². The number of nitrogens with zero attached hydrogens (tertiary/aromatic N) is 3. The highest BCUT2D eigenvalue weighted by Gasteiger charge is 2.20. The second-order valence-electron chi connectivity index (χ2n) is 8.16. The van der Waals surface area contributed by atoms with Crippen molar-refractivity contribution in [2.45, 2.75) is 32.0 Å². The van der Waals surface area contributed by atoms with Gasteiger partial charge < -0.3 is 10.6 Å². The lowest BCUT2D eigenvalue weighted by Gasteiger charge is -2.33. The molecule has 1 aliphatic rings. The van der Waals surface area contributed by atoms with Crippen LogP contribution in [0.5, 0.6) is 0 Å². The first-order valence-electron chi connectivity index (χ1n) is 11.1. The van der Waals surface area contributed by atoms with Gasteiger partial charge in [0, 0.05) is 51.0 Å². The Balaban J connectivity index is 1.25. The Bertz CT molecular complexity index is 1010. The number of guanidine groups is 1. The van der Waals surface area contributed by atoms with Crippen molar-refractivity contribution in [3.63, 3.8) is 0 Å². The molecule has 6 heteroatoms. The summed E-state index contributed by atoms with van der Waals surface area (Å²) in [5.74, 6) is 0.643. The van der Waals surface area contributed by atoms with Gasteiger partial charge in [-0.3, -0.25) is 14.9 Å². The van der Waals surface area contributed by atoms with Crippen LogP contribution in [0.1, 0.15) is 24.0 Å². The molecule has 1 saturated heterocycles. The Kier molecular flexibility index (Phi) is 7.46. The van der Waals surface area contributed by atoms with Crippen LogP contribution in [0, 0.1) is 5.82 Å². The van der Waals surface area contributed by atoms with Gasteiger partial charge in [0.2, 0.25) is 0 Å². The molecule has 5 nitrogen and oxygen atoms in total. The van der Waals surface area contributed by atoms with E-state index in [1.165, 1.54) is 17.7 Å². The molecule has 2 N–H and O–H groups in total. The van der Waals surface area contributed by atoms with E-state index in [9.17, 15) is 4.39 Å². The van der Waals surface area contributed by atoms with E-state index < -0.39 is 0 Å². The quantitative estimate of drug-likeness (QED) is 0.453. The Morgan fingerprint density at radius 2 is 1.84 bits per heavy atom. The van der Waals surface area contributed by atoms with Gasteiger partial charge in [0.05, 0.1) is 5.69 Å². The lowest BCUT2D eigenvalue weighted by molar-refractivity contribution is 0.198. The first-order chi connectivity index (χ1) is 15.7. The van der Waals surface area contributed by atoms with E-state index >= 15 is 0 Å². The largest absolute Gasteiger partial charge is 0.354 e. The Morgan fingerprint density at radius 1 is 1.03 bits per heavy atom. The number of likely N-dealkylation sites (tertiary alicyclic amines) is 1. The van der Waals surface area contributed by atoms with Crippen LogP contribution < -0.4 is 10.6 Å². The predicted octanol–water partition coefficient (Wildman–Crippen LogP) is 4.22. The number of nitrogens with one attached hydrogen (secondary N) is 2. The fourth-order valence-electron chi connectivity index (χ4n) is 4.03. The summed E-state index contributed by atoms with van der Waals surface area (Å²) in [6.45, 7) is 3.59. The molecule has 2 heterocycles. The SMILES string of the molecule is CN=C(NCc1cccc(-c2ccccn2)c1)NC1CCN(Cc2ccc(F)cc2)CC1. The molecule has 32 heavy (non-hydrogen) atoms. The topological polar surface area (TPSA) is 52.6 Å². The molecule has 3 aromatic rings. The zero-order valence-corrected chi connectivity index (χ0v) is 18.5. The molecule has 0 amide bonds. The number of pyridine rings is 1. The fourth-order valence-corrected chi connectivity index (χ4v) is 4.03. The lowest BCUT2D eigenvalue weighted by atomic mass is 10.0. The first kappa shape index (κ1) is 22.0. The van der Waals surface area contributed by atoms with E-state index in [4.69, 9.17) is 0 Å². The molecule has 0 atom stereocenters. The fraction of sp³-hybridized carbons (Fsp3) is 0.308. The van der Waals surface area contributed by atoms with Crippen LogP contribution in [0.2, 0.25) is 0 Å². The lowest BCUT2D eigenvalue weighted by Crippen LogP contribution is -2.48. The maximum atomic E-state index is 13.1. The number of hydrogen-bond acceptors (Lipinski definition) is 3. The maximum Gasteiger partial charge on any atom is 0.191 e. The zero-order chi connectivity index (χ0) is 22.2. The number of halogens is 1. The number of piperidine rings is 1. The summed E-state index contributed by atoms with van der Waals surface area (Å²) in [5.41, 5.74) is 4.43. The van der Waals surface area contributed by atoms with Gasteiger partial charge in [-0.25, -0.2) is 4.39 Å². The highest BCUT2D eigenvalue weighted by Crippen LogP contribution is 2.18. The summed E-state index contributed by atoms with van der Waals surface area (Å²) >= 11 is 0. The van der Waals surface area contributed by atoms with Crippen molar-refractivity contribution < 1.29 is 4.39 Å². The molecule has 0 spiro atoms. The summed E-state index contributed by atoms with van der Waals surface area (Å²) < 4.78 is 13.1. The van der Waals surface area contributed by atoms with Gasteiger partial charge in [0.25, 0.3) is 0 Å². The van der Waals surface area contributed by atoms with Crippen molar-refractivity contribution >= 4 is 5.96 Å². The molecule has 0 unspecified atom stereocenters. The van der Waals surface area contributed by atoms with Crippen molar-refractivity contribution in [3.8, 4) is 11.3 Å². The van der Waals surface area contributed by atoms with E-state index in [-0.39, 0.29) is 5.82 Å².